The molecule has 2 fully saturated rings. The summed E-state index contributed by atoms with van der Waals surface area (Å²) in [6.45, 7) is 0.705. The number of hydrogen-bond acceptors (Lipinski definition) is 3. The number of rotatable bonds is 6. The second-order valence-electron chi connectivity index (χ2n) is 7.64. The zero-order valence-corrected chi connectivity index (χ0v) is 15.9. The van der Waals surface area contributed by atoms with E-state index in [-0.39, 0.29) is 12.0 Å². The Morgan fingerprint density at radius 1 is 1.07 bits per heavy atom. The van der Waals surface area contributed by atoms with Crippen LogP contribution in [0.5, 0.6) is 11.5 Å². The van der Waals surface area contributed by atoms with Crippen molar-refractivity contribution in [3.8, 4) is 11.5 Å². The Bertz CT molecular complexity index is 799. The second-order valence-corrected chi connectivity index (χ2v) is 7.64. The van der Waals surface area contributed by atoms with Gasteiger partial charge in [-0.2, -0.15) is 0 Å². The molecule has 1 heterocycles. The van der Waals surface area contributed by atoms with Gasteiger partial charge in [-0.05, 0) is 61.8 Å². The van der Waals surface area contributed by atoms with E-state index in [2.05, 4.69) is 17.4 Å². The quantitative estimate of drug-likeness (QED) is 0.841. The standard InChI is InChI=1S/C23H27NO3/c1-26-20-12-11-18(15-21(20)27-19-9-5-6-10-19)23(13-14-24-22(23)25)16-17-7-3-2-4-8-17/h2-4,7-8,11-12,15,19H,5-6,9-10,13-14,16H2,1H3,(H,24,25). The molecule has 0 spiro atoms. The average molecular weight is 365 g/mol. The minimum atomic E-state index is -0.554. The fourth-order valence-electron chi connectivity index (χ4n) is 4.41. The summed E-state index contributed by atoms with van der Waals surface area (Å²) in [5.41, 5.74) is 1.63. The van der Waals surface area contributed by atoms with Crippen molar-refractivity contribution in [3.63, 3.8) is 0 Å². The Hall–Kier alpha value is -2.49. The fourth-order valence-corrected chi connectivity index (χ4v) is 4.41. The summed E-state index contributed by atoms with van der Waals surface area (Å²) in [6, 6.07) is 16.2. The molecule has 0 bridgehead atoms. The predicted octanol–water partition coefficient (Wildman–Crippen LogP) is 4.02. The summed E-state index contributed by atoms with van der Waals surface area (Å²) in [5.74, 6) is 1.59. The van der Waals surface area contributed by atoms with Crippen molar-refractivity contribution >= 4 is 5.91 Å². The highest BCUT2D eigenvalue weighted by Crippen LogP contribution is 2.40. The lowest BCUT2D eigenvalue weighted by Crippen LogP contribution is -2.37. The Labute approximate surface area is 160 Å². The summed E-state index contributed by atoms with van der Waals surface area (Å²) >= 11 is 0. The van der Waals surface area contributed by atoms with Crippen molar-refractivity contribution in [2.24, 2.45) is 0 Å². The van der Waals surface area contributed by atoms with E-state index in [1.807, 2.05) is 36.4 Å². The van der Waals surface area contributed by atoms with E-state index >= 15 is 0 Å². The van der Waals surface area contributed by atoms with Gasteiger partial charge < -0.3 is 14.8 Å². The topological polar surface area (TPSA) is 47.6 Å². The predicted molar refractivity (Wildman–Crippen MR) is 105 cm³/mol. The smallest absolute Gasteiger partial charge is 0.231 e. The Balaban J connectivity index is 1.70. The first-order chi connectivity index (χ1) is 13.2. The molecule has 1 N–H and O–H groups in total. The minimum Gasteiger partial charge on any atom is -0.493 e. The molecule has 1 saturated heterocycles. The van der Waals surface area contributed by atoms with E-state index < -0.39 is 5.41 Å². The fraction of sp³-hybridized carbons (Fsp3) is 0.435. The average Bonchev–Trinajstić information content (AvgIpc) is 3.33. The van der Waals surface area contributed by atoms with Gasteiger partial charge >= 0.3 is 0 Å². The molecule has 142 valence electrons. The zero-order valence-electron chi connectivity index (χ0n) is 15.9. The lowest BCUT2D eigenvalue weighted by atomic mass is 9.74. The lowest BCUT2D eigenvalue weighted by Gasteiger charge is -2.28. The number of ether oxygens (including phenoxy) is 2. The second kappa shape index (κ2) is 7.63. The van der Waals surface area contributed by atoms with Crippen LogP contribution in [0, 0.1) is 0 Å². The van der Waals surface area contributed by atoms with Crippen molar-refractivity contribution in [2.45, 2.75) is 50.0 Å². The van der Waals surface area contributed by atoms with E-state index in [0.717, 1.165) is 36.3 Å². The van der Waals surface area contributed by atoms with Crippen LogP contribution in [0.4, 0.5) is 0 Å². The van der Waals surface area contributed by atoms with Gasteiger partial charge in [-0.1, -0.05) is 36.4 Å². The van der Waals surface area contributed by atoms with Crippen LogP contribution in [0.2, 0.25) is 0 Å². The summed E-state index contributed by atoms with van der Waals surface area (Å²) in [4.78, 5) is 12.9. The summed E-state index contributed by atoms with van der Waals surface area (Å²) in [5, 5.41) is 3.04. The highest BCUT2D eigenvalue weighted by Gasteiger charge is 2.44. The van der Waals surface area contributed by atoms with Gasteiger partial charge in [0.15, 0.2) is 11.5 Å². The number of nitrogens with one attached hydrogen (secondary N) is 1. The number of carbonyl (C=O) groups excluding carboxylic acids is 1. The molecule has 0 radical (unpaired) electrons. The highest BCUT2D eigenvalue weighted by atomic mass is 16.5. The van der Waals surface area contributed by atoms with Crippen LogP contribution in [-0.2, 0) is 16.6 Å². The van der Waals surface area contributed by atoms with Crippen LogP contribution in [-0.4, -0.2) is 25.7 Å². The van der Waals surface area contributed by atoms with Crippen molar-refractivity contribution in [1.82, 2.24) is 5.32 Å². The minimum absolute atomic E-state index is 0.100. The van der Waals surface area contributed by atoms with E-state index in [0.29, 0.717) is 13.0 Å². The molecule has 1 aliphatic heterocycles. The molecule has 1 aliphatic carbocycles. The normalized spacial score (nSPS) is 22.6. The van der Waals surface area contributed by atoms with Gasteiger partial charge in [-0.15, -0.1) is 0 Å². The lowest BCUT2D eigenvalue weighted by molar-refractivity contribution is -0.124. The van der Waals surface area contributed by atoms with Gasteiger partial charge in [0.25, 0.3) is 0 Å². The van der Waals surface area contributed by atoms with E-state index in [1.165, 1.54) is 18.4 Å². The van der Waals surface area contributed by atoms with Crippen LogP contribution in [0.1, 0.15) is 43.2 Å². The van der Waals surface area contributed by atoms with Crippen molar-refractivity contribution < 1.29 is 14.3 Å². The third-order valence-corrected chi connectivity index (χ3v) is 5.93. The molecule has 4 nitrogen and oxygen atoms in total. The maximum atomic E-state index is 12.9. The molecular weight excluding hydrogens is 338 g/mol. The van der Waals surface area contributed by atoms with Gasteiger partial charge in [0.2, 0.25) is 5.91 Å². The molecule has 1 amide bonds. The van der Waals surface area contributed by atoms with Crippen LogP contribution in [0.3, 0.4) is 0 Å². The van der Waals surface area contributed by atoms with Gasteiger partial charge in [-0.25, -0.2) is 0 Å². The molecule has 0 aromatic heterocycles. The number of hydrogen-bond donors (Lipinski definition) is 1. The van der Waals surface area contributed by atoms with Crippen LogP contribution >= 0.6 is 0 Å². The molecular formula is C23H27NO3. The molecule has 4 heteroatoms. The first-order valence-corrected chi connectivity index (χ1v) is 9.89. The maximum Gasteiger partial charge on any atom is 0.231 e. The van der Waals surface area contributed by atoms with Gasteiger partial charge in [0, 0.05) is 6.54 Å². The monoisotopic (exact) mass is 365 g/mol. The number of methoxy groups -OCH3 is 1. The van der Waals surface area contributed by atoms with Gasteiger partial charge in [0.05, 0.1) is 18.6 Å². The first kappa shape index (κ1) is 17.9. The summed E-state index contributed by atoms with van der Waals surface area (Å²) < 4.78 is 11.8. The molecule has 2 aromatic carbocycles. The highest BCUT2D eigenvalue weighted by molar-refractivity contribution is 5.90. The number of benzene rings is 2. The molecule has 1 saturated carbocycles. The van der Waals surface area contributed by atoms with Crippen LogP contribution < -0.4 is 14.8 Å². The third kappa shape index (κ3) is 3.53. The molecule has 1 atom stereocenters. The number of amides is 1. The van der Waals surface area contributed by atoms with Crippen molar-refractivity contribution in [1.29, 1.82) is 0 Å². The van der Waals surface area contributed by atoms with E-state index in [4.69, 9.17) is 9.47 Å². The van der Waals surface area contributed by atoms with Crippen LogP contribution in [0.25, 0.3) is 0 Å². The zero-order chi connectivity index (χ0) is 18.7. The van der Waals surface area contributed by atoms with E-state index in [9.17, 15) is 4.79 Å². The van der Waals surface area contributed by atoms with Gasteiger partial charge in [0.1, 0.15) is 0 Å². The molecule has 2 aliphatic rings. The molecule has 27 heavy (non-hydrogen) atoms. The summed E-state index contributed by atoms with van der Waals surface area (Å²) in [6.07, 6.45) is 6.33. The Morgan fingerprint density at radius 2 is 1.85 bits per heavy atom. The van der Waals surface area contributed by atoms with Crippen molar-refractivity contribution in [2.75, 3.05) is 13.7 Å². The Morgan fingerprint density at radius 3 is 2.52 bits per heavy atom. The summed E-state index contributed by atoms with van der Waals surface area (Å²) in [7, 11) is 1.67. The third-order valence-electron chi connectivity index (χ3n) is 5.93. The van der Waals surface area contributed by atoms with Crippen molar-refractivity contribution in [3.05, 3.63) is 59.7 Å². The first-order valence-electron chi connectivity index (χ1n) is 9.89. The van der Waals surface area contributed by atoms with Gasteiger partial charge in [-0.3, -0.25) is 4.79 Å². The largest absolute Gasteiger partial charge is 0.493 e. The van der Waals surface area contributed by atoms with Crippen LogP contribution in [0.15, 0.2) is 48.5 Å². The maximum absolute atomic E-state index is 12.9. The van der Waals surface area contributed by atoms with E-state index in [1.54, 1.807) is 7.11 Å². The molecule has 4 rings (SSSR count). The Kier molecular flexibility index (Phi) is 5.06. The number of carbonyl (C=O) groups is 1. The molecule has 1 unspecified atom stereocenters. The SMILES string of the molecule is COc1ccc(C2(Cc3ccccc3)CCNC2=O)cc1OC1CCCC1. The molecule has 2 aromatic rings.